The lowest BCUT2D eigenvalue weighted by Crippen LogP contribution is -2.43. The average molecular weight is 535 g/mol. The standard InChI is InChI=1S/C19H27BrN4O.HI/c1-2-21-18(24-12-9-19(14-24)7-4-8-19)23-11-10-22-17(25)15-5-3-6-16(20)13-15;/h3,5-6,13H,2,4,7-12,14H2,1H3,(H,21,23)(H,22,25);1H. The average Bonchev–Trinajstić information content (AvgIpc) is 3.03. The molecule has 7 heteroatoms. The minimum atomic E-state index is -0.0592. The van der Waals surface area contributed by atoms with Crippen LogP contribution in [0.5, 0.6) is 0 Å². The van der Waals surface area contributed by atoms with Gasteiger partial charge in [0.25, 0.3) is 5.91 Å². The Bertz CT molecular complexity index is 648. The number of carbonyl (C=O) groups is 1. The van der Waals surface area contributed by atoms with Crippen LogP contribution in [0.3, 0.4) is 0 Å². The Hall–Kier alpha value is -0.830. The van der Waals surface area contributed by atoms with E-state index in [0.717, 1.165) is 30.1 Å². The fraction of sp³-hybridized carbons (Fsp3) is 0.579. The molecule has 2 fully saturated rings. The maximum absolute atomic E-state index is 12.1. The SMILES string of the molecule is CCNC(=NCCNC(=O)c1cccc(Br)c1)N1CCC2(CCC2)C1.I. The van der Waals surface area contributed by atoms with Crippen molar-refractivity contribution in [3.63, 3.8) is 0 Å². The molecule has 1 amide bonds. The van der Waals surface area contributed by atoms with Crippen molar-refractivity contribution in [2.24, 2.45) is 10.4 Å². The molecule has 0 radical (unpaired) electrons. The summed E-state index contributed by atoms with van der Waals surface area (Å²) >= 11 is 3.39. The quantitative estimate of drug-likeness (QED) is 0.262. The van der Waals surface area contributed by atoms with Crippen molar-refractivity contribution >= 4 is 51.8 Å². The molecule has 1 aromatic rings. The van der Waals surface area contributed by atoms with Gasteiger partial charge < -0.3 is 15.5 Å². The van der Waals surface area contributed by atoms with Crippen LogP contribution in [0.1, 0.15) is 43.0 Å². The Morgan fingerprint density at radius 1 is 1.31 bits per heavy atom. The number of hydrogen-bond donors (Lipinski definition) is 2. The zero-order valence-electron chi connectivity index (χ0n) is 15.3. The third-order valence-corrected chi connectivity index (χ3v) is 5.73. The zero-order valence-corrected chi connectivity index (χ0v) is 19.2. The minimum Gasteiger partial charge on any atom is -0.357 e. The van der Waals surface area contributed by atoms with Gasteiger partial charge in [0, 0.05) is 36.2 Å². The molecule has 2 N–H and O–H groups in total. The number of amides is 1. The molecule has 1 aliphatic heterocycles. The van der Waals surface area contributed by atoms with Crippen molar-refractivity contribution < 1.29 is 4.79 Å². The van der Waals surface area contributed by atoms with E-state index >= 15 is 0 Å². The highest BCUT2D eigenvalue weighted by molar-refractivity contribution is 14.0. The second kappa shape index (κ2) is 9.92. The van der Waals surface area contributed by atoms with Gasteiger partial charge in [-0.25, -0.2) is 0 Å². The summed E-state index contributed by atoms with van der Waals surface area (Å²) in [6, 6.07) is 7.42. The second-order valence-electron chi connectivity index (χ2n) is 7.03. The molecule has 0 aromatic heterocycles. The molecule has 0 atom stereocenters. The molecule has 26 heavy (non-hydrogen) atoms. The summed E-state index contributed by atoms with van der Waals surface area (Å²) in [7, 11) is 0. The molecular weight excluding hydrogens is 507 g/mol. The Kier molecular flexibility index (Phi) is 8.19. The molecule has 144 valence electrons. The molecule has 0 unspecified atom stereocenters. The second-order valence-corrected chi connectivity index (χ2v) is 7.94. The highest BCUT2D eigenvalue weighted by Crippen LogP contribution is 2.47. The predicted octanol–water partition coefficient (Wildman–Crippen LogP) is 3.64. The highest BCUT2D eigenvalue weighted by atomic mass is 127. The van der Waals surface area contributed by atoms with Crippen molar-refractivity contribution in [1.29, 1.82) is 0 Å². The molecule has 5 nitrogen and oxygen atoms in total. The maximum Gasteiger partial charge on any atom is 0.251 e. The van der Waals surface area contributed by atoms with Gasteiger partial charge in [0.2, 0.25) is 0 Å². The van der Waals surface area contributed by atoms with E-state index in [1.54, 1.807) is 0 Å². The van der Waals surface area contributed by atoms with Gasteiger partial charge in [-0.3, -0.25) is 9.79 Å². The highest BCUT2D eigenvalue weighted by Gasteiger charge is 2.43. The fourth-order valence-corrected chi connectivity index (χ4v) is 4.09. The number of rotatable bonds is 5. The van der Waals surface area contributed by atoms with Gasteiger partial charge in [0.05, 0.1) is 6.54 Å². The molecule has 1 aliphatic carbocycles. The van der Waals surface area contributed by atoms with Crippen LogP contribution in [-0.2, 0) is 0 Å². The minimum absolute atomic E-state index is 0. The summed E-state index contributed by atoms with van der Waals surface area (Å²) in [5.41, 5.74) is 1.22. The number of guanidine groups is 1. The largest absolute Gasteiger partial charge is 0.357 e. The van der Waals surface area contributed by atoms with Crippen LogP contribution in [-0.4, -0.2) is 49.5 Å². The molecule has 2 aliphatic rings. The molecule has 0 bridgehead atoms. The fourth-order valence-electron chi connectivity index (χ4n) is 3.69. The van der Waals surface area contributed by atoms with Gasteiger partial charge in [-0.2, -0.15) is 0 Å². The normalized spacial score (nSPS) is 18.2. The number of aliphatic imine (C=N–C) groups is 1. The summed E-state index contributed by atoms with van der Waals surface area (Å²) in [5.74, 6) is 0.930. The zero-order chi connectivity index (χ0) is 17.7. The van der Waals surface area contributed by atoms with Gasteiger partial charge in [-0.1, -0.05) is 28.4 Å². The molecule has 3 rings (SSSR count). The van der Waals surface area contributed by atoms with E-state index in [1.807, 2.05) is 24.3 Å². The lowest BCUT2D eigenvalue weighted by molar-refractivity contribution is 0.0954. The first-order chi connectivity index (χ1) is 12.1. The topological polar surface area (TPSA) is 56.7 Å². The van der Waals surface area contributed by atoms with Crippen LogP contribution in [0, 0.1) is 5.41 Å². The summed E-state index contributed by atoms with van der Waals surface area (Å²) in [6.45, 7) is 6.32. The number of benzene rings is 1. The molecule has 1 heterocycles. The first-order valence-corrected chi connectivity index (χ1v) is 9.98. The first kappa shape index (κ1) is 21.5. The van der Waals surface area contributed by atoms with Crippen LogP contribution >= 0.6 is 39.9 Å². The van der Waals surface area contributed by atoms with E-state index in [2.05, 4.69) is 38.4 Å². The van der Waals surface area contributed by atoms with E-state index in [1.165, 1.54) is 25.7 Å². The first-order valence-electron chi connectivity index (χ1n) is 9.19. The number of halogens is 2. The summed E-state index contributed by atoms with van der Waals surface area (Å²) < 4.78 is 0.909. The Morgan fingerprint density at radius 2 is 2.12 bits per heavy atom. The van der Waals surface area contributed by atoms with Crippen molar-refractivity contribution in [1.82, 2.24) is 15.5 Å². The molecule has 1 saturated carbocycles. The van der Waals surface area contributed by atoms with Crippen molar-refractivity contribution in [3.05, 3.63) is 34.3 Å². The van der Waals surface area contributed by atoms with Crippen LogP contribution < -0.4 is 10.6 Å². The monoisotopic (exact) mass is 534 g/mol. The lowest BCUT2D eigenvalue weighted by atomic mass is 9.68. The van der Waals surface area contributed by atoms with Gasteiger partial charge in [-0.05, 0) is 49.8 Å². The van der Waals surface area contributed by atoms with Gasteiger partial charge >= 0.3 is 0 Å². The molecular formula is C19H28BrIN4O. The summed E-state index contributed by atoms with van der Waals surface area (Å²) in [6.07, 6.45) is 5.40. The van der Waals surface area contributed by atoms with Gasteiger partial charge in [0.1, 0.15) is 0 Å². The smallest absolute Gasteiger partial charge is 0.251 e. The number of carbonyl (C=O) groups excluding carboxylic acids is 1. The molecule has 1 spiro atoms. The van der Waals surface area contributed by atoms with Gasteiger partial charge in [0.15, 0.2) is 5.96 Å². The van der Waals surface area contributed by atoms with Crippen molar-refractivity contribution in [3.8, 4) is 0 Å². The van der Waals surface area contributed by atoms with E-state index in [4.69, 9.17) is 4.99 Å². The van der Waals surface area contributed by atoms with E-state index in [9.17, 15) is 4.79 Å². The van der Waals surface area contributed by atoms with Crippen LogP contribution in [0.25, 0.3) is 0 Å². The number of hydrogen-bond acceptors (Lipinski definition) is 2. The predicted molar refractivity (Wildman–Crippen MR) is 120 cm³/mol. The van der Waals surface area contributed by atoms with E-state index in [0.29, 0.717) is 24.1 Å². The molecule has 1 aromatic carbocycles. The summed E-state index contributed by atoms with van der Waals surface area (Å²) in [5, 5.41) is 6.33. The van der Waals surface area contributed by atoms with Crippen LogP contribution in [0.4, 0.5) is 0 Å². The number of nitrogens with one attached hydrogen (secondary N) is 2. The Labute approximate surface area is 181 Å². The number of likely N-dealkylation sites (tertiary alicyclic amines) is 1. The summed E-state index contributed by atoms with van der Waals surface area (Å²) in [4.78, 5) is 19.2. The number of nitrogens with zero attached hydrogens (tertiary/aromatic N) is 2. The van der Waals surface area contributed by atoms with E-state index < -0.39 is 0 Å². The maximum atomic E-state index is 12.1. The van der Waals surface area contributed by atoms with Crippen molar-refractivity contribution in [2.75, 3.05) is 32.7 Å². The van der Waals surface area contributed by atoms with Gasteiger partial charge in [-0.15, -0.1) is 24.0 Å². The van der Waals surface area contributed by atoms with E-state index in [-0.39, 0.29) is 29.9 Å². The third-order valence-electron chi connectivity index (χ3n) is 5.23. The third kappa shape index (κ3) is 5.34. The lowest BCUT2D eigenvalue weighted by Gasteiger charge is -2.38. The van der Waals surface area contributed by atoms with Crippen molar-refractivity contribution in [2.45, 2.75) is 32.6 Å². The Morgan fingerprint density at radius 3 is 2.73 bits per heavy atom. The Balaban J connectivity index is 0.00000243. The van der Waals surface area contributed by atoms with Crippen LogP contribution in [0.2, 0.25) is 0 Å². The molecule has 1 saturated heterocycles. The van der Waals surface area contributed by atoms with Crippen LogP contribution in [0.15, 0.2) is 33.7 Å².